The monoisotopic (exact) mass is 311 g/mol. The number of para-hydroxylation sites is 1. The van der Waals surface area contributed by atoms with E-state index in [1.165, 1.54) is 15.6 Å². The van der Waals surface area contributed by atoms with Crippen LogP contribution in [0.25, 0.3) is 10.2 Å². The van der Waals surface area contributed by atoms with Crippen molar-refractivity contribution in [3.05, 3.63) is 24.3 Å². The predicted octanol–water partition coefficient (Wildman–Crippen LogP) is 1.67. The van der Waals surface area contributed by atoms with E-state index in [0.29, 0.717) is 6.54 Å². The molecule has 1 aliphatic heterocycles. The first-order valence-corrected chi connectivity index (χ1v) is 8.89. The van der Waals surface area contributed by atoms with Crippen LogP contribution in [0, 0.1) is 0 Å². The van der Waals surface area contributed by atoms with Gasteiger partial charge in [-0.25, -0.2) is 13.4 Å². The zero-order chi connectivity index (χ0) is 14.2. The van der Waals surface area contributed by atoms with E-state index in [9.17, 15) is 8.42 Å². The second kappa shape index (κ2) is 5.40. The van der Waals surface area contributed by atoms with E-state index in [1.807, 2.05) is 24.3 Å². The molecule has 108 valence electrons. The highest BCUT2D eigenvalue weighted by Crippen LogP contribution is 2.28. The summed E-state index contributed by atoms with van der Waals surface area (Å²) < 4.78 is 27.9. The molecule has 1 saturated heterocycles. The average Bonchev–Trinajstić information content (AvgIpc) is 2.92. The van der Waals surface area contributed by atoms with Crippen molar-refractivity contribution in [2.24, 2.45) is 0 Å². The molecule has 2 aromatic rings. The minimum absolute atomic E-state index is 0.0146. The summed E-state index contributed by atoms with van der Waals surface area (Å²) in [6.07, 6.45) is 1.90. The molecule has 7 heteroatoms. The van der Waals surface area contributed by atoms with E-state index in [-0.39, 0.29) is 10.4 Å². The second-order valence-electron chi connectivity index (χ2n) is 4.97. The van der Waals surface area contributed by atoms with Gasteiger partial charge in [0.05, 0.1) is 10.2 Å². The van der Waals surface area contributed by atoms with Gasteiger partial charge in [0.2, 0.25) is 4.34 Å². The minimum Gasteiger partial charge on any atom is -0.315 e. The maximum absolute atomic E-state index is 12.6. The number of hydrogen-bond donors (Lipinski definition) is 1. The Bertz CT molecular complexity index is 672. The largest absolute Gasteiger partial charge is 0.315 e. The molecule has 0 bridgehead atoms. The molecule has 0 spiro atoms. The Morgan fingerprint density at radius 3 is 2.90 bits per heavy atom. The third-order valence-electron chi connectivity index (χ3n) is 3.66. The second-order valence-corrected chi connectivity index (χ2v) is 8.17. The fraction of sp³-hybridized carbons (Fsp3) is 0.462. The number of nitrogens with zero attached hydrogens (tertiary/aromatic N) is 2. The summed E-state index contributed by atoms with van der Waals surface area (Å²) in [7, 11) is -1.85. The average molecular weight is 311 g/mol. The number of thiazole rings is 1. The van der Waals surface area contributed by atoms with E-state index in [2.05, 4.69) is 10.3 Å². The molecule has 0 radical (unpaired) electrons. The van der Waals surface area contributed by atoms with Crippen LogP contribution in [0.5, 0.6) is 0 Å². The molecule has 1 fully saturated rings. The topological polar surface area (TPSA) is 62.3 Å². The van der Waals surface area contributed by atoms with Crippen LogP contribution < -0.4 is 5.32 Å². The number of fused-ring (bicyclic) bond motifs is 1. The van der Waals surface area contributed by atoms with Crippen molar-refractivity contribution in [1.29, 1.82) is 0 Å². The normalized spacial score (nSPS) is 20.6. The van der Waals surface area contributed by atoms with Crippen LogP contribution in [0.3, 0.4) is 0 Å². The molecular formula is C13H17N3O2S2. The summed E-state index contributed by atoms with van der Waals surface area (Å²) in [6.45, 7) is 1.67. The first kappa shape index (κ1) is 13.9. The number of benzene rings is 1. The molecule has 5 nitrogen and oxygen atoms in total. The number of sulfonamides is 1. The number of aromatic nitrogens is 1. The van der Waals surface area contributed by atoms with E-state index >= 15 is 0 Å². The van der Waals surface area contributed by atoms with Crippen molar-refractivity contribution in [3.63, 3.8) is 0 Å². The van der Waals surface area contributed by atoms with Gasteiger partial charge in [0.15, 0.2) is 0 Å². The zero-order valence-corrected chi connectivity index (χ0v) is 12.9. The zero-order valence-electron chi connectivity index (χ0n) is 11.2. The van der Waals surface area contributed by atoms with Crippen molar-refractivity contribution >= 4 is 31.6 Å². The van der Waals surface area contributed by atoms with E-state index in [1.54, 1.807) is 7.05 Å². The van der Waals surface area contributed by atoms with Crippen LogP contribution in [-0.2, 0) is 10.0 Å². The summed E-state index contributed by atoms with van der Waals surface area (Å²) >= 11 is 1.24. The standard InChI is InChI=1S/C13H17N3O2S2/c1-16(10-5-4-8-14-9-10)20(17,18)13-15-11-6-2-3-7-12(11)19-13/h2-3,6-7,10,14H,4-5,8-9H2,1H3. The lowest BCUT2D eigenvalue weighted by Crippen LogP contribution is -2.46. The highest BCUT2D eigenvalue weighted by atomic mass is 32.2. The van der Waals surface area contributed by atoms with Crippen molar-refractivity contribution in [1.82, 2.24) is 14.6 Å². The van der Waals surface area contributed by atoms with Gasteiger partial charge in [0.1, 0.15) is 0 Å². The van der Waals surface area contributed by atoms with Gasteiger partial charge in [-0.2, -0.15) is 4.31 Å². The van der Waals surface area contributed by atoms with Crippen LogP contribution in [0.4, 0.5) is 0 Å². The SMILES string of the molecule is CN(C1CCCNC1)S(=O)(=O)c1nc2ccccc2s1. The van der Waals surface area contributed by atoms with Crippen LogP contribution in [0.1, 0.15) is 12.8 Å². The lowest BCUT2D eigenvalue weighted by Gasteiger charge is -2.30. The van der Waals surface area contributed by atoms with Crippen LogP contribution >= 0.6 is 11.3 Å². The third-order valence-corrected chi connectivity index (χ3v) is 6.96. The van der Waals surface area contributed by atoms with Crippen LogP contribution in [0.2, 0.25) is 0 Å². The number of piperidine rings is 1. The molecule has 2 heterocycles. The lowest BCUT2D eigenvalue weighted by atomic mass is 10.1. The Hall–Kier alpha value is -1.02. The highest BCUT2D eigenvalue weighted by molar-refractivity contribution is 7.91. The van der Waals surface area contributed by atoms with Gasteiger partial charge in [0, 0.05) is 19.6 Å². The molecule has 1 unspecified atom stereocenters. The third kappa shape index (κ3) is 2.46. The Morgan fingerprint density at radius 1 is 1.40 bits per heavy atom. The Morgan fingerprint density at radius 2 is 2.20 bits per heavy atom. The summed E-state index contributed by atoms with van der Waals surface area (Å²) in [4.78, 5) is 4.27. The minimum atomic E-state index is -3.50. The number of nitrogens with one attached hydrogen (secondary N) is 1. The molecular weight excluding hydrogens is 294 g/mol. The first-order valence-electron chi connectivity index (χ1n) is 6.63. The van der Waals surface area contributed by atoms with E-state index in [4.69, 9.17) is 0 Å². The molecule has 1 N–H and O–H groups in total. The number of rotatable bonds is 3. The van der Waals surface area contributed by atoms with Gasteiger partial charge >= 0.3 is 0 Å². The molecule has 0 saturated carbocycles. The summed E-state index contributed by atoms with van der Waals surface area (Å²) in [5, 5.41) is 3.24. The Kier molecular flexibility index (Phi) is 3.76. The van der Waals surface area contributed by atoms with Gasteiger partial charge in [0.25, 0.3) is 10.0 Å². The molecule has 3 rings (SSSR count). The van der Waals surface area contributed by atoms with Gasteiger partial charge in [-0.3, -0.25) is 0 Å². The van der Waals surface area contributed by atoms with Crippen molar-refractivity contribution in [2.75, 3.05) is 20.1 Å². The van der Waals surface area contributed by atoms with Crippen molar-refractivity contribution in [3.8, 4) is 0 Å². The van der Waals surface area contributed by atoms with Gasteiger partial charge in [-0.15, -0.1) is 11.3 Å². The first-order chi connectivity index (χ1) is 9.59. The smallest absolute Gasteiger partial charge is 0.270 e. The van der Waals surface area contributed by atoms with Crippen LogP contribution in [0.15, 0.2) is 28.6 Å². The Labute approximate surface area is 122 Å². The maximum Gasteiger partial charge on any atom is 0.270 e. The van der Waals surface area contributed by atoms with Gasteiger partial charge < -0.3 is 5.32 Å². The predicted molar refractivity (Wildman–Crippen MR) is 80.5 cm³/mol. The molecule has 1 aliphatic rings. The van der Waals surface area contributed by atoms with Crippen molar-refractivity contribution < 1.29 is 8.42 Å². The van der Waals surface area contributed by atoms with Gasteiger partial charge in [-0.05, 0) is 31.5 Å². The fourth-order valence-corrected chi connectivity index (χ4v) is 5.20. The quantitative estimate of drug-likeness (QED) is 0.936. The van der Waals surface area contributed by atoms with Crippen molar-refractivity contribution in [2.45, 2.75) is 23.2 Å². The molecule has 1 aromatic heterocycles. The molecule has 20 heavy (non-hydrogen) atoms. The van der Waals surface area contributed by atoms with E-state index in [0.717, 1.165) is 29.6 Å². The summed E-state index contributed by atoms with van der Waals surface area (Å²) in [5.41, 5.74) is 0.742. The molecule has 1 atom stereocenters. The summed E-state index contributed by atoms with van der Waals surface area (Å²) in [6, 6.07) is 7.51. The van der Waals surface area contributed by atoms with Crippen LogP contribution in [-0.4, -0.2) is 43.9 Å². The number of likely N-dealkylation sites (N-methyl/N-ethyl adjacent to an activating group) is 1. The molecule has 0 aliphatic carbocycles. The molecule has 0 amide bonds. The maximum atomic E-state index is 12.6. The fourth-order valence-electron chi connectivity index (χ4n) is 2.42. The molecule has 1 aromatic carbocycles. The van der Waals surface area contributed by atoms with E-state index < -0.39 is 10.0 Å². The lowest BCUT2D eigenvalue weighted by molar-refractivity contribution is 0.300. The highest BCUT2D eigenvalue weighted by Gasteiger charge is 2.31. The summed E-state index contributed by atoms with van der Waals surface area (Å²) in [5.74, 6) is 0. The van der Waals surface area contributed by atoms with Gasteiger partial charge in [-0.1, -0.05) is 12.1 Å². The Balaban J connectivity index is 1.93. The number of hydrogen-bond acceptors (Lipinski definition) is 5.